The van der Waals surface area contributed by atoms with Gasteiger partial charge in [-0.25, -0.2) is 16.2 Å². The highest BCUT2D eigenvalue weighted by Crippen LogP contribution is 2.16. The van der Waals surface area contributed by atoms with Crippen LogP contribution in [0.15, 0.2) is 24.3 Å². The number of hydrogen-bond acceptors (Lipinski definition) is 5. The van der Waals surface area contributed by atoms with Gasteiger partial charge in [0.15, 0.2) is 5.60 Å². The molecule has 0 heterocycles. The van der Waals surface area contributed by atoms with Gasteiger partial charge >= 0.3 is 17.7 Å². The van der Waals surface area contributed by atoms with E-state index in [1.807, 2.05) is 6.07 Å². The van der Waals surface area contributed by atoms with Crippen molar-refractivity contribution in [2.24, 2.45) is 0 Å². The zero-order valence-corrected chi connectivity index (χ0v) is 12.8. The number of benzene rings is 1. The van der Waals surface area contributed by atoms with Crippen LogP contribution in [0.25, 0.3) is 4.85 Å². The zero-order valence-electron chi connectivity index (χ0n) is 12.8. The summed E-state index contributed by atoms with van der Waals surface area (Å²) in [5, 5.41) is 8.83. The molecule has 0 unspecified atom stereocenters. The van der Waals surface area contributed by atoms with Gasteiger partial charge in [0.05, 0.1) is 25.0 Å². The number of nitrogens with zero attached hydrogens (tertiary/aromatic N) is 2. The maximum atomic E-state index is 11.9. The fourth-order valence-corrected chi connectivity index (χ4v) is 1.36. The van der Waals surface area contributed by atoms with Gasteiger partial charge in [-0.3, -0.25) is 4.85 Å². The smallest absolute Gasteiger partial charge is 0.372 e. The van der Waals surface area contributed by atoms with Crippen molar-refractivity contribution in [1.82, 2.24) is 0 Å². The maximum Gasteiger partial charge on any atom is 0.372 e. The van der Waals surface area contributed by atoms with Gasteiger partial charge in [-0.2, -0.15) is 5.26 Å². The Kier molecular flexibility index (Phi) is 4.90. The zero-order chi connectivity index (χ0) is 17.0. The third-order valence-electron chi connectivity index (χ3n) is 2.59. The van der Waals surface area contributed by atoms with Gasteiger partial charge < -0.3 is 9.47 Å². The molecular formula is C16H16N2O4. The molecule has 1 rings (SSSR count). The molecule has 1 aromatic carbocycles. The van der Waals surface area contributed by atoms with Crippen molar-refractivity contribution < 1.29 is 19.1 Å². The molecule has 0 saturated carbocycles. The van der Waals surface area contributed by atoms with Crippen LogP contribution in [-0.4, -0.2) is 23.3 Å². The standard InChI is InChI=1S/C16H16N2O4/c1-15(2,10-17)21-13(19)11-6-8-12(9-7-11)14(20)22-16(3,4)18-5/h6-9H,1-4H3. The summed E-state index contributed by atoms with van der Waals surface area (Å²) in [6.07, 6.45) is 0. The van der Waals surface area contributed by atoms with E-state index < -0.39 is 23.3 Å². The minimum absolute atomic E-state index is 0.212. The van der Waals surface area contributed by atoms with Gasteiger partial charge in [-0.05, 0) is 38.1 Å². The summed E-state index contributed by atoms with van der Waals surface area (Å²) in [5.74, 6) is -1.31. The molecule has 0 N–H and O–H groups in total. The van der Waals surface area contributed by atoms with Crippen LogP contribution >= 0.6 is 0 Å². The molecular weight excluding hydrogens is 284 g/mol. The third kappa shape index (κ3) is 4.60. The van der Waals surface area contributed by atoms with E-state index >= 15 is 0 Å². The molecule has 0 aliphatic rings. The lowest BCUT2D eigenvalue weighted by atomic mass is 10.1. The number of esters is 2. The minimum Gasteiger partial charge on any atom is -0.441 e. The number of hydrogen-bond donors (Lipinski definition) is 0. The quantitative estimate of drug-likeness (QED) is 0.630. The lowest BCUT2D eigenvalue weighted by Gasteiger charge is -2.16. The van der Waals surface area contributed by atoms with E-state index in [0.29, 0.717) is 0 Å². The van der Waals surface area contributed by atoms with Crippen LogP contribution in [0, 0.1) is 17.9 Å². The normalized spacial score (nSPS) is 11.0. The Morgan fingerprint density at radius 3 is 1.82 bits per heavy atom. The highest BCUT2D eigenvalue weighted by molar-refractivity contribution is 5.93. The number of ether oxygens (including phenoxy) is 2. The van der Waals surface area contributed by atoms with E-state index in [-0.39, 0.29) is 11.1 Å². The molecule has 0 aliphatic heterocycles. The van der Waals surface area contributed by atoms with Crippen LogP contribution in [0.5, 0.6) is 0 Å². The summed E-state index contributed by atoms with van der Waals surface area (Å²) in [5.41, 5.74) is -2.04. The first kappa shape index (κ1) is 17.2. The fourth-order valence-electron chi connectivity index (χ4n) is 1.36. The molecule has 0 atom stereocenters. The van der Waals surface area contributed by atoms with E-state index in [0.717, 1.165) is 0 Å². The van der Waals surface area contributed by atoms with Crippen molar-refractivity contribution in [2.45, 2.75) is 39.0 Å². The fraction of sp³-hybridized carbons (Fsp3) is 0.375. The maximum absolute atomic E-state index is 11.9. The molecule has 0 aliphatic carbocycles. The summed E-state index contributed by atoms with van der Waals surface area (Å²) < 4.78 is 10.0. The number of carbonyl (C=O) groups is 2. The first-order valence-corrected chi connectivity index (χ1v) is 6.47. The van der Waals surface area contributed by atoms with Gasteiger partial charge in [0.25, 0.3) is 0 Å². The van der Waals surface area contributed by atoms with E-state index in [9.17, 15) is 9.59 Å². The summed E-state index contributed by atoms with van der Waals surface area (Å²) in [4.78, 5) is 26.9. The van der Waals surface area contributed by atoms with Crippen molar-refractivity contribution in [3.8, 4) is 6.07 Å². The summed E-state index contributed by atoms with van der Waals surface area (Å²) >= 11 is 0. The Balaban J connectivity index is 2.84. The highest BCUT2D eigenvalue weighted by Gasteiger charge is 2.28. The average molecular weight is 300 g/mol. The van der Waals surface area contributed by atoms with Crippen LogP contribution in [0.4, 0.5) is 0 Å². The van der Waals surface area contributed by atoms with Crippen LogP contribution in [0.1, 0.15) is 48.4 Å². The molecule has 0 saturated heterocycles. The lowest BCUT2D eigenvalue weighted by molar-refractivity contribution is 0.0158. The Morgan fingerprint density at radius 1 is 1.05 bits per heavy atom. The van der Waals surface area contributed by atoms with Crippen LogP contribution < -0.4 is 0 Å². The molecule has 0 spiro atoms. The summed E-state index contributed by atoms with van der Waals surface area (Å²) in [6, 6.07) is 7.46. The van der Waals surface area contributed by atoms with Crippen LogP contribution in [-0.2, 0) is 9.47 Å². The molecule has 0 aromatic heterocycles. The Hall–Kier alpha value is -2.86. The van der Waals surface area contributed by atoms with E-state index in [4.69, 9.17) is 21.3 Å². The van der Waals surface area contributed by atoms with Gasteiger partial charge in [-0.15, -0.1) is 0 Å². The van der Waals surface area contributed by atoms with E-state index in [1.165, 1.54) is 52.0 Å². The molecule has 0 amide bonds. The second-order valence-corrected chi connectivity index (χ2v) is 5.54. The first-order chi connectivity index (χ1) is 10.1. The van der Waals surface area contributed by atoms with Gasteiger partial charge in [0.1, 0.15) is 6.07 Å². The molecule has 6 nitrogen and oxygen atoms in total. The van der Waals surface area contributed by atoms with Crippen molar-refractivity contribution >= 4 is 11.9 Å². The van der Waals surface area contributed by atoms with Crippen LogP contribution in [0.3, 0.4) is 0 Å². The molecule has 6 heteroatoms. The molecule has 1 aromatic rings. The molecule has 114 valence electrons. The second kappa shape index (κ2) is 6.28. The predicted octanol–water partition coefficient (Wildman–Crippen LogP) is 2.96. The minimum atomic E-state index is -1.24. The van der Waals surface area contributed by atoms with Crippen molar-refractivity contribution in [2.75, 3.05) is 0 Å². The van der Waals surface area contributed by atoms with Crippen molar-refractivity contribution in [3.05, 3.63) is 46.8 Å². The SMILES string of the molecule is [C-]#[N+]C(C)(C)OC(=O)c1ccc(C(=O)OC(C)(C)C#N)cc1. The summed E-state index contributed by atoms with van der Waals surface area (Å²) in [7, 11) is 0. The monoisotopic (exact) mass is 300 g/mol. The first-order valence-electron chi connectivity index (χ1n) is 6.47. The Bertz CT molecular complexity index is 602. The molecule has 0 bridgehead atoms. The highest BCUT2D eigenvalue weighted by atomic mass is 16.6. The Labute approximate surface area is 129 Å². The molecule has 0 radical (unpaired) electrons. The van der Waals surface area contributed by atoms with E-state index in [1.54, 1.807) is 0 Å². The van der Waals surface area contributed by atoms with Gasteiger partial charge in [0.2, 0.25) is 0 Å². The average Bonchev–Trinajstić information content (AvgIpc) is 2.46. The topological polar surface area (TPSA) is 80.8 Å². The van der Waals surface area contributed by atoms with Gasteiger partial charge in [0, 0.05) is 0 Å². The van der Waals surface area contributed by atoms with Crippen molar-refractivity contribution in [1.29, 1.82) is 5.26 Å². The Morgan fingerprint density at radius 2 is 1.45 bits per heavy atom. The number of rotatable bonds is 4. The third-order valence-corrected chi connectivity index (χ3v) is 2.59. The second-order valence-electron chi connectivity index (χ2n) is 5.54. The summed E-state index contributed by atoms with van der Waals surface area (Å²) in [6.45, 7) is 12.8. The van der Waals surface area contributed by atoms with Crippen molar-refractivity contribution in [3.63, 3.8) is 0 Å². The van der Waals surface area contributed by atoms with Gasteiger partial charge in [-0.1, -0.05) is 0 Å². The number of nitriles is 1. The lowest BCUT2D eigenvalue weighted by Crippen LogP contribution is -2.26. The molecule has 22 heavy (non-hydrogen) atoms. The largest absolute Gasteiger partial charge is 0.441 e. The van der Waals surface area contributed by atoms with E-state index in [2.05, 4.69) is 4.85 Å². The van der Waals surface area contributed by atoms with Crippen LogP contribution in [0.2, 0.25) is 0 Å². The predicted molar refractivity (Wildman–Crippen MR) is 77.6 cm³/mol. The molecule has 0 fully saturated rings. The number of carbonyl (C=O) groups excluding carboxylic acids is 2.